The van der Waals surface area contributed by atoms with Crippen molar-refractivity contribution in [3.05, 3.63) is 60.2 Å². The molecular weight excluding hydrogens is 528 g/mol. The van der Waals surface area contributed by atoms with Gasteiger partial charge in [0.05, 0.1) is 12.1 Å². The largest absolute Gasteiger partial charge is 0.457 e. The molecule has 2 aliphatic rings. The monoisotopic (exact) mass is 562 g/mol. The molecule has 2 aromatic heterocycles. The Morgan fingerprint density at radius 3 is 2.65 bits per heavy atom. The van der Waals surface area contributed by atoms with Crippen LogP contribution < -0.4 is 10.1 Å². The van der Waals surface area contributed by atoms with E-state index >= 15 is 0 Å². The first-order valence-corrected chi connectivity index (χ1v) is 14.9. The van der Waals surface area contributed by atoms with Crippen molar-refractivity contribution in [2.75, 3.05) is 17.7 Å². The van der Waals surface area contributed by atoms with Crippen molar-refractivity contribution in [1.82, 2.24) is 25.0 Å². The molecule has 11 heteroatoms. The van der Waals surface area contributed by atoms with Crippen LogP contribution in [0.5, 0.6) is 11.5 Å². The van der Waals surface area contributed by atoms with Crippen LogP contribution in [0.3, 0.4) is 0 Å². The van der Waals surface area contributed by atoms with Gasteiger partial charge in [0.2, 0.25) is 0 Å². The number of ether oxygens (including phenoxy) is 1. The number of anilines is 1. The van der Waals surface area contributed by atoms with E-state index in [1.54, 1.807) is 16.4 Å². The van der Waals surface area contributed by atoms with Gasteiger partial charge >= 0.3 is 0 Å². The Labute approximate surface area is 236 Å². The van der Waals surface area contributed by atoms with E-state index in [0.29, 0.717) is 40.9 Å². The minimum atomic E-state index is -1.02. The van der Waals surface area contributed by atoms with Crippen LogP contribution in [0.2, 0.25) is 0 Å². The van der Waals surface area contributed by atoms with Crippen LogP contribution in [0.4, 0.5) is 5.82 Å². The molecule has 0 spiro atoms. The fourth-order valence-corrected chi connectivity index (χ4v) is 6.21. The van der Waals surface area contributed by atoms with Gasteiger partial charge in [-0.05, 0) is 61.4 Å². The molecule has 2 fully saturated rings. The van der Waals surface area contributed by atoms with E-state index in [-0.39, 0.29) is 18.6 Å². The molecule has 2 aromatic carbocycles. The van der Waals surface area contributed by atoms with Gasteiger partial charge in [0.15, 0.2) is 22.1 Å². The van der Waals surface area contributed by atoms with E-state index in [1.807, 2.05) is 42.5 Å². The van der Waals surface area contributed by atoms with E-state index in [0.717, 1.165) is 30.1 Å². The van der Waals surface area contributed by atoms with E-state index in [2.05, 4.69) is 34.7 Å². The third-order valence-corrected chi connectivity index (χ3v) is 8.75. The molecule has 6 rings (SSSR count). The Balaban J connectivity index is 1.24. The second-order valence-corrected chi connectivity index (χ2v) is 11.6. The number of nitrogens with one attached hydrogen (secondary N) is 1. The summed E-state index contributed by atoms with van der Waals surface area (Å²) in [6.07, 6.45) is 0.882. The van der Waals surface area contributed by atoms with Gasteiger partial charge < -0.3 is 25.4 Å². The molecular formula is C29H34N6O4S. The second-order valence-electron chi connectivity index (χ2n) is 10.5. The maximum atomic E-state index is 10.8. The van der Waals surface area contributed by atoms with E-state index in [4.69, 9.17) is 14.7 Å². The molecule has 210 valence electrons. The molecule has 0 saturated heterocycles. The van der Waals surface area contributed by atoms with Crippen LogP contribution in [-0.4, -0.2) is 70.9 Å². The third kappa shape index (κ3) is 5.51. The highest BCUT2D eigenvalue weighted by molar-refractivity contribution is 7.99. The highest BCUT2D eigenvalue weighted by atomic mass is 32.2. The molecule has 4 aromatic rings. The van der Waals surface area contributed by atoms with Gasteiger partial charge in [-0.1, -0.05) is 54.2 Å². The Bertz CT molecular complexity index is 1450. The summed E-state index contributed by atoms with van der Waals surface area (Å²) in [4.78, 5) is 9.55. The molecule has 6 atom stereocenters. The minimum Gasteiger partial charge on any atom is -0.457 e. The van der Waals surface area contributed by atoms with Crippen LogP contribution in [0.15, 0.2) is 59.8 Å². The molecule has 0 radical (unpaired) electrons. The summed E-state index contributed by atoms with van der Waals surface area (Å²) >= 11 is 1.57. The van der Waals surface area contributed by atoms with Gasteiger partial charge in [-0.3, -0.25) is 0 Å². The molecule has 40 heavy (non-hydrogen) atoms. The van der Waals surface area contributed by atoms with E-state index in [1.165, 1.54) is 5.56 Å². The maximum absolute atomic E-state index is 10.8. The molecule has 0 aliphatic heterocycles. The normalized spacial score (nSPS) is 25.8. The first-order valence-electron chi connectivity index (χ1n) is 13.9. The zero-order chi connectivity index (χ0) is 27.6. The van der Waals surface area contributed by atoms with E-state index in [9.17, 15) is 15.3 Å². The van der Waals surface area contributed by atoms with Gasteiger partial charge in [0.25, 0.3) is 0 Å². The Morgan fingerprint density at radius 2 is 1.85 bits per heavy atom. The van der Waals surface area contributed by atoms with Gasteiger partial charge in [-0.2, -0.15) is 0 Å². The standard InChI is InChI=1S/C29H34N6O4S/c1-2-13-40-29-31-27(24-28(32-29)35(34-33-24)23-15-18(11-12-36)25(37)26(23)38)30-22-16-21(22)17-7-6-10-20(14-17)39-19-8-4-3-5-9-19/h3-10,14,18,21-23,25-26,36-38H,2,11-13,15-16H2,1H3,(H,30,31,32). The first kappa shape index (κ1) is 26.9. The minimum absolute atomic E-state index is 0.0445. The number of hydrogen-bond donors (Lipinski definition) is 4. The Kier molecular flexibility index (Phi) is 7.88. The first-order chi connectivity index (χ1) is 19.6. The fraction of sp³-hybridized carbons (Fsp3) is 0.448. The summed E-state index contributed by atoms with van der Waals surface area (Å²) in [5.41, 5.74) is 2.27. The molecule has 10 nitrogen and oxygen atoms in total. The molecule has 0 amide bonds. The molecule has 2 aliphatic carbocycles. The van der Waals surface area contributed by atoms with Crippen molar-refractivity contribution in [2.24, 2.45) is 5.92 Å². The van der Waals surface area contributed by atoms with Crippen LogP contribution in [-0.2, 0) is 0 Å². The number of aromatic nitrogens is 5. The smallest absolute Gasteiger partial charge is 0.191 e. The lowest BCUT2D eigenvalue weighted by atomic mass is 10.0. The lowest BCUT2D eigenvalue weighted by molar-refractivity contribution is 0.00107. The Hall–Kier alpha value is -3.25. The van der Waals surface area contributed by atoms with Crippen LogP contribution in [0.1, 0.15) is 50.1 Å². The number of para-hydroxylation sites is 1. The van der Waals surface area contributed by atoms with Gasteiger partial charge in [-0.25, -0.2) is 14.6 Å². The van der Waals surface area contributed by atoms with Crippen LogP contribution in [0, 0.1) is 5.92 Å². The average Bonchev–Trinajstić information content (AvgIpc) is 3.52. The zero-order valence-electron chi connectivity index (χ0n) is 22.3. The highest BCUT2D eigenvalue weighted by Gasteiger charge is 2.44. The predicted molar refractivity (Wildman–Crippen MR) is 153 cm³/mol. The van der Waals surface area contributed by atoms with Crippen molar-refractivity contribution in [3.63, 3.8) is 0 Å². The SMILES string of the molecule is CCCSc1nc(NC2CC2c2cccc(Oc3ccccc3)c2)c2nnn(C3CC(CCO)C(O)C3O)c2n1. The van der Waals surface area contributed by atoms with Crippen molar-refractivity contribution in [2.45, 2.75) is 68.0 Å². The molecule has 2 heterocycles. The number of fused-ring (bicyclic) bond motifs is 1. The quantitative estimate of drug-likeness (QED) is 0.156. The van der Waals surface area contributed by atoms with E-state index < -0.39 is 18.2 Å². The molecule has 4 N–H and O–H groups in total. The van der Waals surface area contributed by atoms with Gasteiger partial charge in [-0.15, -0.1) is 5.10 Å². The number of rotatable bonds is 11. The van der Waals surface area contributed by atoms with Crippen LogP contribution >= 0.6 is 11.8 Å². The maximum Gasteiger partial charge on any atom is 0.191 e. The number of aliphatic hydroxyl groups is 3. The van der Waals surface area contributed by atoms with Crippen molar-refractivity contribution in [3.8, 4) is 11.5 Å². The lowest BCUT2D eigenvalue weighted by Gasteiger charge is -2.17. The summed E-state index contributed by atoms with van der Waals surface area (Å²) in [7, 11) is 0. The summed E-state index contributed by atoms with van der Waals surface area (Å²) in [5.74, 6) is 3.19. The van der Waals surface area contributed by atoms with Crippen molar-refractivity contribution in [1.29, 1.82) is 0 Å². The summed E-state index contributed by atoms with van der Waals surface area (Å²) in [6.45, 7) is 2.07. The fourth-order valence-electron chi connectivity index (χ4n) is 5.52. The van der Waals surface area contributed by atoms with Crippen molar-refractivity contribution < 1.29 is 20.1 Å². The summed E-state index contributed by atoms with van der Waals surface area (Å²) < 4.78 is 7.66. The summed E-state index contributed by atoms with van der Waals surface area (Å²) in [6, 6.07) is 17.6. The Morgan fingerprint density at radius 1 is 1.02 bits per heavy atom. The molecule has 6 unspecified atom stereocenters. The van der Waals surface area contributed by atoms with Crippen molar-refractivity contribution >= 4 is 28.7 Å². The second kappa shape index (κ2) is 11.7. The lowest BCUT2D eigenvalue weighted by Crippen LogP contribution is -2.30. The highest BCUT2D eigenvalue weighted by Crippen LogP contribution is 2.45. The average molecular weight is 563 g/mol. The molecule has 2 saturated carbocycles. The number of nitrogens with zero attached hydrogens (tertiary/aromatic N) is 5. The van der Waals surface area contributed by atoms with Gasteiger partial charge in [0.1, 0.15) is 17.6 Å². The number of benzene rings is 2. The number of hydrogen-bond acceptors (Lipinski definition) is 10. The number of aliphatic hydroxyl groups excluding tert-OH is 3. The number of thioether (sulfide) groups is 1. The predicted octanol–water partition coefficient (Wildman–Crippen LogP) is 4.15. The topological polar surface area (TPSA) is 138 Å². The van der Waals surface area contributed by atoms with Crippen LogP contribution in [0.25, 0.3) is 11.2 Å². The van der Waals surface area contributed by atoms with Gasteiger partial charge in [0, 0.05) is 24.3 Å². The summed E-state index contributed by atoms with van der Waals surface area (Å²) in [5, 5.41) is 43.7. The zero-order valence-corrected chi connectivity index (χ0v) is 23.1. The third-order valence-electron chi connectivity index (χ3n) is 7.70. The molecule has 0 bridgehead atoms.